The van der Waals surface area contributed by atoms with E-state index in [0.29, 0.717) is 25.6 Å². The molecule has 0 aliphatic heterocycles. The highest BCUT2D eigenvalue weighted by Crippen LogP contribution is 2.49. The molecule has 0 bridgehead atoms. The van der Waals surface area contributed by atoms with E-state index < -0.39 is 6.10 Å². The van der Waals surface area contributed by atoms with Crippen molar-refractivity contribution in [3.05, 3.63) is 65.7 Å². The van der Waals surface area contributed by atoms with E-state index in [9.17, 15) is 9.50 Å². The fourth-order valence-electron chi connectivity index (χ4n) is 3.02. The van der Waals surface area contributed by atoms with Gasteiger partial charge in [0.05, 0.1) is 12.6 Å². The van der Waals surface area contributed by atoms with Crippen molar-refractivity contribution in [3.63, 3.8) is 0 Å². The van der Waals surface area contributed by atoms with Crippen molar-refractivity contribution in [1.82, 2.24) is 15.6 Å². The molecule has 6 heteroatoms. The molecule has 1 atom stereocenters. The summed E-state index contributed by atoms with van der Waals surface area (Å²) < 4.78 is 14.1. The molecular weight excluding hydrogens is 331 g/mol. The van der Waals surface area contributed by atoms with Gasteiger partial charge in [0, 0.05) is 30.9 Å². The summed E-state index contributed by atoms with van der Waals surface area (Å²) in [5.74, 6) is 0.467. The number of nitrogens with one attached hydrogen (secondary N) is 2. The van der Waals surface area contributed by atoms with Crippen LogP contribution in [0.5, 0.6) is 0 Å². The summed E-state index contributed by atoms with van der Waals surface area (Å²) >= 11 is 0. The Morgan fingerprint density at radius 3 is 2.62 bits per heavy atom. The van der Waals surface area contributed by atoms with Gasteiger partial charge in [0.1, 0.15) is 5.82 Å². The Hall–Kier alpha value is -2.47. The zero-order valence-corrected chi connectivity index (χ0v) is 15.0. The van der Waals surface area contributed by atoms with Crippen LogP contribution < -0.4 is 10.6 Å². The summed E-state index contributed by atoms with van der Waals surface area (Å²) in [5.41, 5.74) is 1.35. The number of hydrogen-bond acceptors (Lipinski definition) is 3. The summed E-state index contributed by atoms with van der Waals surface area (Å²) in [6.45, 7) is 3.56. The van der Waals surface area contributed by atoms with Crippen LogP contribution in [-0.2, 0) is 5.41 Å². The van der Waals surface area contributed by atoms with Gasteiger partial charge in [-0.1, -0.05) is 18.2 Å². The first kappa shape index (κ1) is 18.3. The van der Waals surface area contributed by atoms with E-state index in [4.69, 9.17) is 0 Å². The van der Waals surface area contributed by atoms with Crippen molar-refractivity contribution in [2.45, 2.75) is 31.3 Å². The minimum atomic E-state index is -0.650. The number of hydrogen-bond donors (Lipinski definition) is 3. The first-order chi connectivity index (χ1) is 12.6. The average Bonchev–Trinajstić information content (AvgIpc) is 3.46. The maximum Gasteiger partial charge on any atom is 0.191 e. The molecule has 1 heterocycles. The number of pyridine rings is 1. The van der Waals surface area contributed by atoms with Crippen molar-refractivity contribution >= 4 is 5.96 Å². The van der Waals surface area contributed by atoms with Crippen LogP contribution in [0.2, 0.25) is 0 Å². The van der Waals surface area contributed by atoms with Crippen LogP contribution in [0.25, 0.3) is 0 Å². The van der Waals surface area contributed by atoms with Crippen LogP contribution in [0.4, 0.5) is 4.39 Å². The lowest BCUT2D eigenvalue weighted by atomic mass is 9.95. The van der Waals surface area contributed by atoms with E-state index in [1.807, 2.05) is 19.1 Å². The maximum absolute atomic E-state index is 14.1. The molecule has 0 spiro atoms. The first-order valence-electron chi connectivity index (χ1n) is 9.00. The number of nitrogens with zero attached hydrogens (tertiary/aromatic N) is 2. The number of aliphatic imine (C=N–C) groups is 1. The molecule has 26 heavy (non-hydrogen) atoms. The topological polar surface area (TPSA) is 69.5 Å². The average molecular weight is 356 g/mol. The second-order valence-electron chi connectivity index (χ2n) is 6.63. The highest BCUT2D eigenvalue weighted by atomic mass is 19.1. The lowest BCUT2D eigenvalue weighted by molar-refractivity contribution is 0.180. The van der Waals surface area contributed by atoms with Crippen LogP contribution in [0.1, 0.15) is 37.0 Å². The van der Waals surface area contributed by atoms with Crippen LogP contribution in [0.15, 0.2) is 53.8 Å². The van der Waals surface area contributed by atoms with Crippen LogP contribution >= 0.6 is 0 Å². The van der Waals surface area contributed by atoms with Crippen LogP contribution in [0, 0.1) is 5.82 Å². The van der Waals surface area contributed by atoms with Gasteiger partial charge in [-0.25, -0.2) is 4.39 Å². The lowest BCUT2D eigenvalue weighted by Gasteiger charge is -2.18. The molecule has 1 unspecified atom stereocenters. The number of rotatable bonds is 7. The van der Waals surface area contributed by atoms with Gasteiger partial charge in [-0.3, -0.25) is 9.98 Å². The fraction of sp³-hybridized carbons (Fsp3) is 0.400. The van der Waals surface area contributed by atoms with Crippen molar-refractivity contribution in [1.29, 1.82) is 0 Å². The van der Waals surface area contributed by atoms with E-state index in [-0.39, 0.29) is 11.2 Å². The molecule has 3 rings (SSSR count). The molecule has 1 aliphatic carbocycles. The molecular formula is C20H25FN4O. The number of aliphatic hydroxyl groups is 1. The Balaban J connectivity index is 1.63. The van der Waals surface area contributed by atoms with E-state index in [1.165, 1.54) is 6.07 Å². The summed E-state index contributed by atoms with van der Waals surface area (Å²) in [6, 6.07) is 10.5. The van der Waals surface area contributed by atoms with E-state index in [1.54, 1.807) is 30.6 Å². The minimum Gasteiger partial charge on any atom is -0.387 e. The van der Waals surface area contributed by atoms with Crippen molar-refractivity contribution < 1.29 is 9.50 Å². The Labute approximate surface area is 153 Å². The van der Waals surface area contributed by atoms with Gasteiger partial charge in [0.2, 0.25) is 0 Å². The summed E-state index contributed by atoms with van der Waals surface area (Å²) in [7, 11) is 0. The maximum atomic E-state index is 14.1. The molecule has 0 radical (unpaired) electrons. The molecule has 3 N–H and O–H groups in total. The summed E-state index contributed by atoms with van der Waals surface area (Å²) in [6.07, 6.45) is 4.54. The zero-order valence-electron chi connectivity index (χ0n) is 15.0. The van der Waals surface area contributed by atoms with E-state index in [0.717, 1.165) is 24.0 Å². The number of aliphatic hydroxyl groups excluding tert-OH is 1. The number of halogens is 1. The second kappa shape index (κ2) is 8.27. The standard InChI is InChI=1S/C20H25FN4O/c1-2-23-19(24-13-18(26)15-7-11-22-12-8-15)25-14-20(9-10-20)16-5-3-4-6-17(16)21/h3-8,11-12,18,26H,2,9-10,13-14H2,1H3,(H2,23,24,25). The molecule has 2 aromatic rings. The predicted octanol–water partition coefficient (Wildman–Crippen LogP) is 2.54. The predicted molar refractivity (Wildman–Crippen MR) is 100 cm³/mol. The third-order valence-electron chi connectivity index (χ3n) is 4.74. The second-order valence-corrected chi connectivity index (χ2v) is 6.63. The number of guanidine groups is 1. The van der Waals surface area contributed by atoms with Gasteiger partial charge in [0.25, 0.3) is 0 Å². The molecule has 5 nitrogen and oxygen atoms in total. The van der Waals surface area contributed by atoms with Gasteiger partial charge in [-0.2, -0.15) is 0 Å². The fourth-order valence-corrected chi connectivity index (χ4v) is 3.02. The van der Waals surface area contributed by atoms with Crippen molar-refractivity contribution in [3.8, 4) is 0 Å². The molecule has 1 fully saturated rings. The lowest BCUT2D eigenvalue weighted by Crippen LogP contribution is -2.40. The number of benzene rings is 1. The SMILES string of the molecule is CCNC(=NCC1(c2ccccc2F)CC1)NCC(O)c1ccncc1. The largest absolute Gasteiger partial charge is 0.387 e. The Kier molecular flexibility index (Phi) is 5.83. The highest BCUT2D eigenvalue weighted by Gasteiger charge is 2.45. The van der Waals surface area contributed by atoms with Gasteiger partial charge >= 0.3 is 0 Å². The van der Waals surface area contributed by atoms with Crippen LogP contribution in [-0.4, -0.2) is 35.7 Å². The smallest absolute Gasteiger partial charge is 0.191 e. The third kappa shape index (κ3) is 4.38. The molecule has 1 aliphatic rings. The van der Waals surface area contributed by atoms with Crippen LogP contribution in [0.3, 0.4) is 0 Å². The molecule has 1 aromatic heterocycles. The molecule has 0 amide bonds. The van der Waals surface area contributed by atoms with E-state index in [2.05, 4.69) is 20.6 Å². The highest BCUT2D eigenvalue weighted by molar-refractivity contribution is 5.79. The third-order valence-corrected chi connectivity index (χ3v) is 4.74. The Morgan fingerprint density at radius 1 is 1.23 bits per heavy atom. The summed E-state index contributed by atoms with van der Waals surface area (Å²) in [4.78, 5) is 8.59. The van der Waals surface area contributed by atoms with Crippen molar-refractivity contribution in [2.24, 2.45) is 4.99 Å². The van der Waals surface area contributed by atoms with Gasteiger partial charge in [0.15, 0.2) is 5.96 Å². The molecule has 0 saturated heterocycles. The monoisotopic (exact) mass is 356 g/mol. The van der Waals surface area contributed by atoms with Gasteiger partial charge < -0.3 is 15.7 Å². The van der Waals surface area contributed by atoms with Gasteiger partial charge in [-0.05, 0) is 49.1 Å². The van der Waals surface area contributed by atoms with Crippen molar-refractivity contribution in [2.75, 3.05) is 19.6 Å². The molecule has 1 saturated carbocycles. The zero-order chi connectivity index (χ0) is 18.4. The Morgan fingerprint density at radius 2 is 1.96 bits per heavy atom. The quantitative estimate of drug-likeness (QED) is 0.527. The molecule has 138 valence electrons. The van der Waals surface area contributed by atoms with Gasteiger partial charge in [-0.15, -0.1) is 0 Å². The summed E-state index contributed by atoms with van der Waals surface area (Å²) in [5, 5.41) is 16.6. The normalized spacial score (nSPS) is 16.8. The molecule has 1 aromatic carbocycles. The number of aromatic nitrogens is 1. The minimum absolute atomic E-state index is 0.161. The first-order valence-corrected chi connectivity index (χ1v) is 9.00. The van der Waals surface area contributed by atoms with E-state index >= 15 is 0 Å². The Bertz CT molecular complexity index is 746.